The van der Waals surface area contributed by atoms with Gasteiger partial charge in [0.25, 0.3) is 0 Å². The van der Waals surface area contributed by atoms with E-state index in [1.807, 2.05) is 13.0 Å². The molecule has 0 bridgehead atoms. The molecule has 2 nitrogen and oxygen atoms in total. The van der Waals surface area contributed by atoms with Crippen LogP contribution in [-0.2, 0) is 0 Å². The Morgan fingerprint density at radius 2 is 2.22 bits per heavy atom. The van der Waals surface area contributed by atoms with Gasteiger partial charge in [0.1, 0.15) is 11.9 Å². The predicted molar refractivity (Wildman–Crippen MR) is 75.1 cm³/mol. The fourth-order valence-corrected chi connectivity index (χ4v) is 3.09. The number of aryl methyl sites for hydroxylation is 1. The Labute approximate surface area is 117 Å². The molecule has 1 aromatic heterocycles. The quantitative estimate of drug-likeness (QED) is 0.893. The first-order valence-electron chi connectivity index (χ1n) is 5.27. The second-order valence-electron chi connectivity index (χ2n) is 3.77. The molecule has 1 N–H and O–H groups in total. The Morgan fingerprint density at radius 3 is 2.78 bits per heavy atom. The molecule has 0 radical (unpaired) electrons. The Balaban J connectivity index is 2.23. The van der Waals surface area contributed by atoms with Crippen molar-refractivity contribution in [2.24, 2.45) is 0 Å². The standard InChI is InChI=1S/C13H10BrFN2S/c1-8-11(14)6-13(18-8)12(7-16)17-10-4-2-3-9(15)5-10/h2-6,12,17H,1H3. The molecular formula is C13H10BrFN2S. The van der Waals surface area contributed by atoms with Crippen molar-refractivity contribution in [3.8, 4) is 6.07 Å². The van der Waals surface area contributed by atoms with Crippen LogP contribution in [0.4, 0.5) is 10.1 Å². The Morgan fingerprint density at radius 1 is 1.44 bits per heavy atom. The molecule has 1 aromatic carbocycles. The van der Waals surface area contributed by atoms with Gasteiger partial charge in [-0.25, -0.2) is 4.39 Å². The molecule has 0 saturated carbocycles. The SMILES string of the molecule is Cc1sc(C(C#N)Nc2cccc(F)c2)cc1Br. The van der Waals surface area contributed by atoms with Crippen molar-refractivity contribution in [1.29, 1.82) is 5.26 Å². The topological polar surface area (TPSA) is 35.8 Å². The fourth-order valence-electron chi connectivity index (χ4n) is 1.54. The highest BCUT2D eigenvalue weighted by Gasteiger charge is 2.14. The van der Waals surface area contributed by atoms with Crippen LogP contribution in [0.1, 0.15) is 15.8 Å². The van der Waals surface area contributed by atoms with Gasteiger partial charge in [0.05, 0.1) is 6.07 Å². The van der Waals surface area contributed by atoms with Crippen molar-refractivity contribution in [1.82, 2.24) is 0 Å². The van der Waals surface area contributed by atoms with Crippen molar-refractivity contribution >= 4 is 33.0 Å². The molecule has 0 spiro atoms. The van der Waals surface area contributed by atoms with Crippen LogP contribution in [0.5, 0.6) is 0 Å². The zero-order valence-electron chi connectivity index (χ0n) is 9.58. The third-order valence-corrected chi connectivity index (χ3v) is 4.63. The van der Waals surface area contributed by atoms with Crippen LogP contribution in [0.2, 0.25) is 0 Å². The normalized spacial score (nSPS) is 11.9. The zero-order chi connectivity index (χ0) is 13.1. The minimum absolute atomic E-state index is 0.319. The number of benzene rings is 1. The lowest BCUT2D eigenvalue weighted by Gasteiger charge is -2.11. The molecule has 1 atom stereocenters. The van der Waals surface area contributed by atoms with Crippen LogP contribution >= 0.6 is 27.3 Å². The summed E-state index contributed by atoms with van der Waals surface area (Å²) in [6.07, 6.45) is 0. The number of anilines is 1. The van der Waals surface area contributed by atoms with Crippen LogP contribution in [0, 0.1) is 24.1 Å². The summed E-state index contributed by atoms with van der Waals surface area (Å²) in [5, 5.41) is 12.2. The summed E-state index contributed by atoms with van der Waals surface area (Å²) in [6, 6.07) is 9.73. The van der Waals surface area contributed by atoms with Gasteiger partial charge in [-0.15, -0.1) is 11.3 Å². The van der Waals surface area contributed by atoms with Gasteiger partial charge in [-0.3, -0.25) is 0 Å². The smallest absolute Gasteiger partial charge is 0.149 e. The highest BCUT2D eigenvalue weighted by molar-refractivity contribution is 9.10. The highest BCUT2D eigenvalue weighted by Crippen LogP contribution is 2.32. The van der Waals surface area contributed by atoms with E-state index in [0.717, 1.165) is 14.2 Å². The van der Waals surface area contributed by atoms with E-state index >= 15 is 0 Å². The third-order valence-electron chi connectivity index (χ3n) is 2.43. The van der Waals surface area contributed by atoms with Gasteiger partial charge in [0, 0.05) is 19.9 Å². The first-order chi connectivity index (χ1) is 8.60. The number of nitriles is 1. The molecule has 0 aliphatic heterocycles. The average molecular weight is 325 g/mol. The first-order valence-corrected chi connectivity index (χ1v) is 6.88. The van der Waals surface area contributed by atoms with Crippen LogP contribution in [0.3, 0.4) is 0 Å². The summed E-state index contributed by atoms with van der Waals surface area (Å²) < 4.78 is 14.1. The summed E-state index contributed by atoms with van der Waals surface area (Å²) in [4.78, 5) is 2.03. The van der Waals surface area contributed by atoms with Crippen molar-refractivity contribution < 1.29 is 4.39 Å². The van der Waals surface area contributed by atoms with Gasteiger partial charge in [-0.2, -0.15) is 5.26 Å². The Kier molecular flexibility index (Phi) is 4.00. The van der Waals surface area contributed by atoms with Crippen molar-refractivity contribution in [2.45, 2.75) is 13.0 Å². The number of thiophene rings is 1. The minimum Gasteiger partial charge on any atom is -0.365 e. The van der Waals surface area contributed by atoms with Gasteiger partial charge < -0.3 is 5.32 Å². The molecule has 0 saturated heterocycles. The second-order valence-corrected chi connectivity index (χ2v) is 5.91. The van der Waals surface area contributed by atoms with Gasteiger partial charge in [0.15, 0.2) is 0 Å². The summed E-state index contributed by atoms with van der Waals surface area (Å²) in [5.41, 5.74) is 0.601. The van der Waals surface area contributed by atoms with E-state index in [9.17, 15) is 9.65 Å². The van der Waals surface area contributed by atoms with Gasteiger partial charge >= 0.3 is 0 Å². The van der Waals surface area contributed by atoms with Crippen LogP contribution in [-0.4, -0.2) is 0 Å². The lowest BCUT2D eigenvalue weighted by atomic mass is 10.2. The molecule has 1 heterocycles. The summed E-state index contributed by atoms with van der Waals surface area (Å²) in [5.74, 6) is -0.319. The van der Waals surface area contributed by atoms with E-state index in [4.69, 9.17) is 0 Å². The van der Waals surface area contributed by atoms with Gasteiger partial charge in [-0.05, 0) is 47.1 Å². The van der Waals surface area contributed by atoms with E-state index in [1.54, 1.807) is 23.5 Å². The Bertz CT molecular complexity index is 584. The van der Waals surface area contributed by atoms with Gasteiger partial charge in [-0.1, -0.05) is 6.07 Å². The summed E-state index contributed by atoms with van der Waals surface area (Å²) >= 11 is 4.97. The number of nitrogens with one attached hydrogen (secondary N) is 1. The van der Waals surface area contributed by atoms with E-state index in [1.165, 1.54) is 12.1 Å². The number of hydrogen-bond donors (Lipinski definition) is 1. The van der Waals surface area contributed by atoms with Crippen LogP contribution in [0.15, 0.2) is 34.8 Å². The molecule has 92 valence electrons. The molecule has 0 aliphatic carbocycles. The fraction of sp³-hybridized carbons (Fsp3) is 0.154. The molecule has 18 heavy (non-hydrogen) atoms. The maximum Gasteiger partial charge on any atom is 0.149 e. The van der Waals surface area contributed by atoms with E-state index in [-0.39, 0.29) is 5.82 Å². The lowest BCUT2D eigenvalue weighted by Crippen LogP contribution is -2.06. The first kappa shape index (κ1) is 13.1. The van der Waals surface area contributed by atoms with E-state index in [2.05, 4.69) is 27.3 Å². The number of nitrogens with zero attached hydrogens (tertiary/aromatic N) is 1. The van der Waals surface area contributed by atoms with Crippen molar-refractivity contribution in [3.05, 3.63) is 50.4 Å². The maximum absolute atomic E-state index is 13.1. The van der Waals surface area contributed by atoms with Crippen molar-refractivity contribution in [3.63, 3.8) is 0 Å². The van der Waals surface area contributed by atoms with Gasteiger partial charge in [0.2, 0.25) is 0 Å². The van der Waals surface area contributed by atoms with Crippen LogP contribution in [0.25, 0.3) is 0 Å². The maximum atomic E-state index is 13.1. The molecule has 2 aromatic rings. The largest absolute Gasteiger partial charge is 0.365 e. The number of hydrogen-bond acceptors (Lipinski definition) is 3. The molecule has 0 fully saturated rings. The number of rotatable bonds is 3. The monoisotopic (exact) mass is 324 g/mol. The van der Waals surface area contributed by atoms with Crippen LogP contribution < -0.4 is 5.32 Å². The van der Waals surface area contributed by atoms with E-state index < -0.39 is 6.04 Å². The molecule has 0 amide bonds. The molecule has 0 aliphatic rings. The zero-order valence-corrected chi connectivity index (χ0v) is 12.0. The minimum atomic E-state index is -0.471. The predicted octanol–water partition coefficient (Wildman–Crippen LogP) is 4.63. The molecule has 2 rings (SSSR count). The molecular weight excluding hydrogens is 315 g/mol. The summed E-state index contributed by atoms with van der Waals surface area (Å²) in [7, 11) is 0. The van der Waals surface area contributed by atoms with Crippen molar-refractivity contribution in [2.75, 3.05) is 5.32 Å². The number of halogens is 2. The Hall–Kier alpha value is -1.38. The highest BCUT2D eigenvalue weighted by atomic mass is 79.9. The third kappa shape index (κ3) is 2.89. The molecule has 5 heteroatoms. The average Bonchev–Trinajstić information content (AvgIpc) is 2.66. The summed E-state index contributed by atoms with van der Waals surface area (Å²) in [6.45, 7) is 1.98. The molecule has 1 unspecified atom stereocenters. The van der Waals surface area contributed by atoms with E-state index in [0.29, 0.717) is 5.69 Å². The lowest BCUT2D eigenvalue weighted by molar-refractivity contribution is 0.628. The second kappa shape index (κ2) is 5.51.